The van der Waals surface area contributed by atoms with E-state index in [1.165, 1.54) is 20.9 Å². The second-order valence-corrected chi connectivity index (χ2v) is 11.6. The van der Waals surface area contributed by atoms with Gasteiger partial charge in [-0.05, 0) is 85.4 Å². The third-order valence-electron chi connectivity index (χ3n) is 7.95. The number of nitrogens with zero attached hydrogens (tertiary/aromatic N) is 2. The van der Waals surface area contributed by atoms with Gasteiger partial charge in [-0.1, -0.05) is 13.8 Å². The lowest BCUT2D eigenvalue weighted by atomic mass is 9.79. The summed E-state index contributed by atoms with van der Waals surface area (Å²) in [7, 11) is 0. The molecule has 32 heavy (non-hydrogen) atoms. The van der Waals surface area contributed by atoms with Crippen LogP contribution in [0.4, 0.5) is 0 Å². The Balaban J connectivity index is 1.22. The molecule has 6 heteroatoms. The Morgan fingerprint density at radius 1 is 0.781 bits per heavy atom. The Kier molecular flexibility index (Phi) is 6.44. The average molecular weight is 471 g/mol. The highest BCUT2D eigenvalue weighted by molar-refractivity contribution is 7.10. The van der Waals surface area contributed by atoms with Crippen molar-refractivity contribution >= 4 is 34.5 Å². The highest BCUT2D eigenvalue weighted by Crippen LogP contribution is 2.41. The van der Waals surface area contributed by atoms with Crippen molar-refractivity contribution in [3.05, 3.63) is 43.8 Å². The summed E-state index contributed by atoms with van der Waals surface area (Å²) in [6.07, 6.45) is 7.34. The number of hydrogen-bond donors (Lipinski definition) is 0. The lowest BCUT2D eigenvalue weighted by molar-refractivity contribution is -0.144. The molecule has 1 fully saturated rings. The Morgan fingerprint density at radius 3 is 1.56 bits per heavy atom. The number of carbonyl (C=O) groups excluding carboxylic acids is 2. The highest BCUT2D eigenvalue weighted by atomic mass is 32.1. The van der Waals surface area contributed by atoms with Gasteiger partial charge < -0.3 is 9.80 Å². The zero-order valence-corrected chi connectivity index (χ0v) is 20.9. The molecule has 2 aromatic rings. The van der Waals surface area contributed by atoms with E-state index in [1.54, 1.807) is 0 Å². The quantitative estimate of drug-likeness (QED) is 0.551. The number of amides is 2. The summed E-state index contributed by atoms with van der Waals surface area (Å²) in [6, 6.07) is 4.89. The molecule has 1 aliphatic carbocycles. The van der Waals surface area contributed by atoms with Crippen LogP contribution in [0.25, 0.3) is 0 Å². The molecule has 3 aliphatic rings. The summed E-state index contributed by atoms with van der Waals surface area (Å²) >= 11 is 3.66. The van der Waals surface area contributed by atoms with Crippen LogP contribution in [0.2, 0.25) is 0 Å². The van der Waals surface area contributed by atoms with Gasteiger partial charge in [0.25, 0.3) is 0 Å². The van der Waals surface area contributed by atoms with E-state index in [2.05, 4.69) is 46.5 Å². The monoisotopic (exact) mass is 470 g/mol. The summed E-state index contributed by atoms with van der Waals surface area (Å²) < 4.78 is 0. The van der Waals surface area contributed by atoms with Crippen LogP contribution in [0.3, 0.4) is 0 Å². The Hall–Kier alpha value is -1.66. The molecule has 4 heterocycles. The van der Waals surface area contributed by atoms with Gasteiger partial charge >= 0.3 is 0 Å². The molecule has 0 spiro atoms. The van der Waals surface area contributed by atoms with Gasteiger partial charge in [-0.3, -0.25) is 9.59 Å². The van der Waals surface area contributed by atoms with Crippen LogP contribution in [0.1, 0.15) is 85.3 Å². The van der Waals surface area contributed by atoms with Gasteiger partial charge in [0.1, 0.15) is 0 Å². The fourth-order valence-corrected chi connectivity index (χ4v) is 8.11. The molecule has 0 radical (unpaired) electrons. The zero-order chi connectivity index (χ0) is 22.2. The molecule has 0 aromatic carbocycles. The molecule has 2 amide bonds. The molecule has 2 atom stereocenters. The van der Waals surface area contributed by atoms with E-state index in [-0.39, 0.29) is 23.9 Å². The summed E-state index contributed by atoms with van der Waals surface area (Å²) in [5.41, 5.74) is 2.73. The van der Waals surface area contributed by atoms with Crippen molar-refractivity contribution in [1.82, 2.24) is 9.80 Å². The fourth-order valence-electron chi connectivity index (χ4n) is 6.26. The largest absolute Gasteiger partial charge is 0.335 e. The summed E-state index contributed by atoms with van der Waals surface area (Å²) in [4.78, 5) is 34.2. The van der Waals surface area contributed by atoms with Crippen LogP contribution in [0, 0.1) is 11.8 Å². The first-order valence-corrected chi connectivity index (χ1v) is 14.1. The van der Waals surface area contributed by atoms with Crippen molar-refractivity contribution in [2.45, 2.75) is 77.3 Å². The lowest BCUT2D eigenvalue weighted by Crippen LogP contribution is -2.46. The van der Waals surface area contributed by atoms with Crippen molar-refractivity contribution in [2.75, 3.05) is 13.1 Å². The van der Waals surface area contributed by atoms with Crippen LogP contribution in [-0.2, 0) is 22.4 Å². The predicted octanol–water partition coefficient (Wildman–Crippen LogP) is 5.99. The second-order valence-electron chi connectivity index (χ2n) is 9.56. The average Bonchev–Trinajstić information content (AvgIpc) is 3.51. The number of rotatable bonds is 4. The number of thiophene rings is 2. The molecule has 4 nitrogen and oxygen atoms in total. The van der Waals surface area contributed by atoms with Crippen LogP contribution < -0.4 is 0 Å². The first-order valence-electron chi connectivity index (χ1n) is 12.4. The maximum Gasteiger partial charge on any atom is 0.226 e. The minimum Gasteiger partial charge on any atom is -0.335 e. The highest BCUT2D eigenvalue weighted by Gasteiger charge is 2.39. The van der Waals surface area contributed by atoms with Gasteiger partial charge in [-0.2, -0.15) is 0 Å². The predicted molar refractivity (Wildman–Crippen MR) is 131 cm³/mol. The Labute approximate surface area is 199 Å². The van der Waals surface area contributed by atoms with Crippen molar-refractivity contribution in [3.8, 4) is 0 Å². The van der Waals surface area contributed by atoms with Crippen LogP contribution in [0.5, 0.6) is 0 Å². The third kappa shape index (κ3) is 3.83. The van der Waals surface area contributed by atoms with Crippen LogP contribution in [0.15, 0.2) is 22.9 Å². The van der Waals surface area contributed by atoms with E-state index in [4.69, 9.17) is 0 Å². The van der Waals surface area contributed by atoms with Crippen molar-refractivity contribution < 1.29 is 9.59 Å². The van der Waals surface area contributed by atoms with E-state index in [0.717, 1.165) is 64.5 Å². The molecule has 0 saturated heterocycles. The smallest absolute Gasteiger partial charge is 0.226 e. The molecule has 0 N–H and O–H groups in total. The molecule has 5 rings (SSSR count). The maximum absolute atomic E-state index is 13.5. The SMILES string of the molecule is CCC1c2ccsc2CCN1C(=O)C1CCC(C(=O)N2CCc3sccc3C2CC)CC1. The Bertz CT molecular complexity index is 894. The van der Waals surface area contributed by atoms with E-state index < -0.39 is 0 Å². The van der Waals surface area contributed by atoms with Gasteiger partial charge in [-0.15, -0.1) is 22.7 Å². The van der Waals surface area contributed by atoms with Gasteiger partial charge in [0, 0.05) is 34.7 Å². The lowest BCUT2D eigenvalue weighted by Gasteiger charge is -2.41. The van der Waals surface area contributed by atoms with Gasteiger partial charge in [0.05, 0.1) is 12.1 Å². The fraction of sp³-hybridized carbons (Fsp3) is 0.615. The molecule has 2 aliphatic heterocycles. The van der Waals surface area contributed by atoms with Crippen molar-refractivity contribution in [2.24, 2.45) is 11.8 Å². The summed E-state index contributed by atoms with van der Waals surface area (Å²) in [6.45, 7) is 6.07. The summed E-state index contributed by atoms with van der Waals surface area (Å²) in [5, 5.41) is 4.34. The second kappa shape index (κ2) is 9.30. The first-order chi connectivity index (χ1) is 15.6. The normalized spacial score (nSPS) is 27.7. The molecule has 172 valence electrons. The standard InChI is InChI=1S/C26H34N2O2S2/c1-3-21-19-11-15-31-23(19)9-13-27(21)25(29)17-5-7-18(8-6-17)26(30)28-14-10-24-20(12-16-32-24)22(28)4-2/h11-12,15-18,21-22H,3-10,13-14H2,1-2H3. The van der Waals surface area contributed by atoms with Gasteiger partial charge in [0.15, 0.2) is 0 Å². The summed E-state index contributed by atoms with van der Waals surface area (Å²) in [5.74, 6) is 0.819. The van der Waals surface area contributed by atoms with Gasteiger partial charge in [0.2, 0.25) is 11.8 Å². The minimum atomic E-state index is 0.0834. The first kappa shape index (κ1) is 22.1. The number of fused-ring (bicyclic) bond motifs is 2. The van der Waals surface area contributed by atoms with E-state index >= 15 is 0 Å². The topological polar surface area (TPSA) is 40.6 Å². The molecule has 2 aromatic heterocycles. The van der Waals surface area contributed by atoms with Crippen LogP contribution in [-0.4, -0.2) is 34.7 Å². The maximum atomic E-state index is 13.5. The zero-order valence-electron chi connectivity index (χ0n) is 19.2. The molecule has 1 saturated carbocycles. The van der Waals surface area contributed by atoms with E-state index in [9.17, 15) is 9.59 Å². The van der Waals surface area contributed by atoms with E-state index in [0.29, 0.717) is 11.8 Å². The van der Waals surface area contributed by atoms with Gasteiger partial charge in [-0.25, -0.2) is 0 Å². The Morgan fingerprint density at radius 2 is 1.19 bits per heavy atom. The van der Waals surface area contributed by atoms with E-state index in [1.807, 2.05) is 22.7 Å². The third-order valence-corrected chi connectivity index (χ3v) is 9.95. The molecular weight excluding hydrogens is 436 g/mol. The van der Waals surface area contributed by atoms with Crippen LogP contribution >= 0.6 is 22.7 Å². The van der Waals surface area contributed by atoms with Crippen molar-refractivity contribution in [3.63, 3.8) is 0 Å². The van der Waals surface area contributed by atoms with Crippen molar-refractivity contribution in [1.29, 1.82) is 0 Å². The minimum absolute atomic E-state index is 0.0834. The number of carbonyl (C=O) groups is 2. The molecule has 2 unspecified atom stereocenters. The molecular formula is C26H34N2O2S2. The number of hydrogen-bond acceptors (Lipinski definition) is 4. The molecule has 0 bridgehead atoms.